The molecular weight excluding hydrogens is 262 g/mol. The van der Waals surface area contributed by atoms with Crippen molar-refractivity contribution in [2.24, 2.45) is 11.7 Å². The Balaban J connectivity index is 1.68. The van der Waals surface area contributed by atoms with Crippen molar-refractivity contribution in [3.8, 4) is 0 Å². The van der Waals surface area contributed by atoms with E-state index in [0.717, 1.165) is 50.0 Å². The Bertz CT molecular complexity index is 550. The first-order chi connectivity index (χ1) is 9.03. The Morgan fingerprint density at radius 1 is 1.32 bits per heavy atom. The van der Waals surface area contributed by atoms with Crippen molar-refractivity contribution in [1.29, 1.82) is 0 Å². The zero-order valence-electron chi connectivity index (χ0n) is 11.1. The number of hydrogen-bond donors (Lipinski definition) is 1. The van der Waals surface area contributed by atoms with Crippen molar-refractivity contribution >= 4 is 9.84 Å². The smallest absolute Gasteiger partial charge is 0.150 e. The van der Waals surface area contributed by atoms with Gasteiger partial charge in [0.05, 0.1) is 23.4 Å². The summed E-state index contributed by atoms with van der Waals surface area (Å²) in [5.41, 5.74) is 7.15. The summed E-state index contributed by atoms with van der Waals surface area (Å²) < 4.78 is 24.9. The Kier molecular flexibility index (Phi) is 3.39. The van der Waals surface area contributed by atoms with Crippen LogP contribution in [0.3, 0.4) is 0 Å². The fourth-order valence-electron chi connectivity index (χ4n) is 3.11. The minimum Gasteiger partial charge on any atom is -0.319 e. The zero-order valence-corrected chi connectivity index (χ0v) is 11.9. The minimum atomic E-state index is -2.76. The number of fused-ring (bicyclic) bond motifs is 1. The molecule has 1 aromatic heterocycles. The van der Waals surface area contributed by atoms with E-state index < -0.39 is 9.84 Å². The van der Waals surface area contributed by atoms with Gasteiger partial charge in [-0.3, -0.25) is 0 Å². The summed E-state index contributed by atoms with van der Waals surface area (Å²) in [4.78, 5) is 4.67. The average Bonchev–Trinajstić information content (AvgIpc) is 2.76. The fourth-order valence-corrected chi connectivity index (χ4v) is 4.69. The maximum atomic E-state index is 11.4. The van der Waals surface area contributed by atoms with E-state index in [0.29, 0.717) is 17.4 Å². The molecule has 0 bridgehead atoms. The molecule has 0 aliphatic carbocycles. The molecule has 0 radical (unpaired) electrons. The number of sulfone groups is 1. The molecule has 5 nitrogen and oxygen atoms in total. The Labute approximate surface area is 114 Å². The third-order valence-corrected chi connectivity index (χ3v) is 6.00. The number of aryl methyl sites for hydroxylation is 1. The predicted octanol–water partition coefficient (Wildman–Crippen LogP) is 1.04. The molecular formula is C13H21N3O2S. The quantitative estimate of drug-likeness (QED) is 0.880. The van der Waals surface area contributed by atoms with Gasteiger partial charge in [-0.1, -0.05) is 0 Å². The summed E-state index contributed by atoms with van der Waals surface area (Å²) in [6.07, 6.45) is 7.71. The van der Waals surface area contributed by atoms with Crippen LogP contribution in [-0.2, 0) is 22.7 Å². The van der Waals surface area contributed by atoms with Crippen LogP contribution >= 0.6 is 0 Å². The molecule has 2 N–H and O–H groups in total. The van der Waals surface area contributed by atoms with Crippen molar-refractivity contribution in [3.63, 3.8) is 0 Å². The normalized spacial score (nSPS) is 27.1. The third-order valence-electron chi connectivity index (χ3n) is 4.29. The lowest BCUT2D eigenvalue weighted by atomic mass is 9.97. The number of hydrogen-bond acceptors (Lipinski definition) is 4. The van der Waals surface area contributed by atoms with Gasteiger partial charge in [-0.15, -0.1) is 0 Å². The van der Waals surface area contributed by atoms with E-state index in [4.69, 9.17) is 5.73 Å². The van der Waals surface area contributed by atoms with Gasteiger partial charge in [0.1, 0.15) is 15.7 Å². The van der Waals surface area contributed by atoms with Crippen LogP contribution in [0, 0.1) is 5.92 Å². The van der Waals surface area contributed by atoms with E-state index in [9.17, 15) is 8.42 Å². The van der Waals surface area contributed by atoms with Gasteiger partial charge < -0.3 is 10.3 Å². The fraction of sp³-hybridized carbons (Fsp3) is 0.769. The largest absolute Gasteiger partial charge is 0.319 e. The molecule has 0 aromatic carbocycles. The SMILES string of the molecule is NC1CCCc2nc(CC3CCS(=O)(=O)CC3)cn21. The van der Waals surface area contributed by atoms with E-state index in [1.165, 1.54) is 0 Å². The molecule has 19 heavy (non-hydrogen) atoms. The van der Waals surface area contributed by atoms with Crippen LogP contribution in [0.15, 0.2) is 6.20 Å². The molecule has 1 saturated heterocycles. The molecule has 3 rings (SSSR count). The summed E-state index contributed by atoms with van der Waals surface area (Å²) in [7, 11) is -2.76. The lowest BCUT2D eigenvalue weighted by molar-refractivity contribution is 0.408. The van der Waals surface area contributed by atoms with Gasteiger partial charge in [-0.05, 0) is 38.0 Å². The highest BCUT2D eigenvalue weighted by atomic mass is 32.2. The van der Waals surface area contributed by atoms with Crippen LogP contribution in [0.5, 0.6) is 0 Å². The molecule has 2 aliphatic heterocycles. The predicted molar refractivity (Wildman–Crippen MR) is 73.5 cm³/mol. The van der Waals surface area contributed by atoms with Crippen molar-refractivity contribution < 1.29 is 8.42 Å². The molecule has 3 heterocycles. The lowest BCUT2D eigenvalue weighted by Gasteiger charge is -2.21. The van der Waals surface area contributed by atoms with Gasteiger partial charge in [0.2, 0.25) is 0 Å². The maximum Gasteiger partial charge on any atom is 0.150 e. The molecule has 0 amide bonds. The van der Waals surface area contributed by atoms with Crippen molar-refractivity contribution in [2.45, 2.75) is 44.7 Å². The molecule has 1 aromatic rings. The first-order valence-electron chi connectivity index (χ1n) is 7.06. The van der Waals surface area contributed by atoms with Gasteiger partial charge in [0.25, 0.3) is 0 Å². The van der Waals surface area contributed by atoms with Crippen LogP contribution in [0.1, 0.15) is 43.4 Å². The Morgan fingerprint density at radius 2 is 2.05 bits per heavy atom. The molecule has 1 unspecified atom stereocenters. The zero-order chi connectivity index (χ0) is 13.5. The molecule has 1 atom stereocenters. The summed E-state index contributed by atoms with van der Waals surface area (Å²) >= 11 is 0. The number of rotatable bonds is 2. The molecule has 106 valence electrons. The molecule has 2 aliphatic rings. The first kappa shape index (κ1) is 13.1. The van der Waals surface area contributed by atoms with Gasteiger partial charge in [-0.25, -0.2) is 13.4 Å². The van der Waals surface area contributed by atoms with Crippen molar-refractivity contribution in [3.05, 3.63) is 17.7 Å². The minimum absolute atomic E-state index is 0.0664. The monoisotopic (exact) mass is 283 g/mol. The van der Waals surface area contributed by atoms with Gasteiger partial charge in [0.15, 0.2) is 0 Å². The van der Waals surface area contributed by atoms with Crippen LogP contribution in [0.25, 0.3) is 0 Å². The highest BCUT2D eigenvalue weighted by Gasteiger charge is 2.25. The number of aromatic nitrogens is 2. The summed E-state index contributed by atoms with van der Waals surface area (Å²) in [5, 5.41) is 0. The van der Waals surface area contributed by atoms with Crippen molar-refractivity contribution in [2.75, 3.05) is 11.5 Å². The third kappa shape index (κ3) is 2.84. The lowest BCUT2D eigenvalue weighted by Crippen LogP contribution is -2.24. The second kappa shape index (κ2) is 4.90. The number of nitrogens with two attached hydrogens (primary N) is 1. The standard InChI is InChI=1S/C13H21N3O2S/c14-12-2-1-3-13-15-11(9-16(12)13)8-10-4-6-19(17,18)7-5-10/h9-10,12H,1-8,14H2. The van der Waals surface area contributed by atoms with Crippen LogP contribution in [0.2, 0.25) is 0 Å². The van der Waals surface area contributed by atoms with Gasteiger partial charge in [-0.2, -0.15) is 0 Å². The number of imidazole rings is 1. The van der Waals surface area contributed by atoms with Crippen LogP contribution in [0.4, 0.5) is 0 Å². The molecule has 0 saturated carbocycles. The summed E-state index contributed by atoms with van der Waals surface area (Å²) in [5.74, 6) is 2.23. The van der Waals surface area contributed by atoms with E-state index in [-0.39, 0.29) is 6.17 Å². The van der Waals surface area contributed by atoms with E-state index in [2.05, 4.69) is 15.7 Å². The van der Waals surface area contributed by atoms with E-state index >= 15 is 0 Å². The maximum absolute atomic E-state index is 11.4. The number of nitrogens with zero attached hydrogens (tertiary/aromatic N) is 2. The van der Waals surface area contributed by atoms with Crippen molar-refractivity contribution in [1.82, 2.24) is 9.55 Å². The Hall–Kier alpha value is -0.880. The highest BCUT2D eigenvalue weighted by molar-refractivity contribution is 7.91. The summed E-state index contributed by atoms with van der Waals surface area (Å²) in [6, 6.07) is 0. The Morgan fingerprint density at radius 3 is 2.74 bits per heavy atom. The second-order valence-electron chi connectivity index (χ2n) is 5.81. The first-order valence-corrected chi connectivity index (χ1v) is 8.88. The van der Waals surface area contributed by atoms with E-state index in [1.54, 1.807) is 0 Å². The highest BCUT2D eigenvalue weighted by Crippen LogP contribution is 2.25. The molecule has 0 spiro atoms. The molecule has 1 fully saturated rings. The average molecular weight is 283 g/mol. The van der Waals surface area contributed by atoms with Gasteiger partial charge in [0, 0.05) is 12.6 Å². The van der Waals surface area contributed by atoms with E-state index in [1.807, 2.05) is 0 Å². The summed E-state index contributed by atoms with van der Waals surface area (Å²) in [6.45, 7) is 0. The second-order valence-corrected chi connectivity index (χ2v) is 8.12. The van der Waals surface area contributed by atoms with Gasteiger partial charge >= 0.3 is 0 Å². The molecule has 6 heteroatoms. The van der Waals surface area contributed by atoms with Crippen LogP contribution < -0.4 is 5.73 Å². The topological polar surface area (TPSA) is 78.0 Å². The van der Waals surface area contributed by atoms with Crippen LogP contribution in [-0.4, -0.2) is 29.5 Å².